The Hall–Kier alpha value is -7.81. The number of phenols is 1. The fraction of sp³-hybridized carbons (Fsp3) is 0.473. The van der Waals surface area contributed by atoms with E-state index in [0.717, 1.165) is 60.6 Å². The Morgan fingerprint density at radius 2 is 1.38 bits per heavy atom. The molecule has 4 heterocycles. The van der Waals surface area contributed by atoms with Crippen molar-refractivity contribution in [1.82, 2.24) is 41.5 Å². The van der Waals surface area contributed by atoms with Crippen LogP contribution in [0.3, 0.4) is 0 Å². The third-order valence-corrected chi connectivity index (χ3v) is 14.4. The van der Waals surface area contributed by atoms with Crippen molar-refractivity contribution in [3.05, 3.63) is 90.2 Å². The molecule has 0 aliphatic carbocycles. The van der Waals surface area contributed by atoms with Gasteiger partial charge in [0.2, 0.25) is 35.4 Å². The van der Waals surface area contributed by atoms with Crippen LogP contribution in [0, 0.1) is 5.92 Å². The van der Waals surface area contributed by atoms with Crippen LogP contribution in [0.1, 0.15) is 81.8 Å². The highest BCUT2D eigenvalue weighted by atomic mass is 16.5. The Bertz CT molecular complexity index is 2860. The smallest absolute Gasteiger partial charge is 0.251 e. The van der Waals surface area contributed by atoms with Gasteiger partial charge >= 0.3 is 0 Å². The average molecular weight is 1110 g/mol. The van der Waals surface area contributed by atoms with E-state index in [0.29, 0.717) is 29.2 Å². The number of phenolic OH excluding ortho intramolecular Hbond substituents is 1. The number of nitrogens with zero attached hydrogens (tertiary/aromatic N) is 3. The van der Waals surface area contributed by atoms with E-state index >= 15 is 0 Å². The number of carbonyl (C=O) groups is 8. The average Bonchev–Trinajstić information content (AvgIpc) is 4.26. The number of hydrogen-bond donors (Lipinski definition) is 12. The molecule has 3 aliphatic heterocycles. The van der Waals surface area contributed by atoms with Crippen molar-refractivity contribution in [2.75, 3.05) is 26.2 Å². The predicted molar refractivity (Wildman–Crippen MR) is 281 cm³/mol. The summed E-state index contributed by atoms with van der Waals surface area (Å²) in [6.07, 6.45) is -7.61. The van der Waals surface area contributed by atoms with Gasteiger partial charge < -0.3 is 81.4 Å². The molecule has 0 unspecified atom stereocenters. The van der Waals surface area contributed by atoms with Crippen LogP contribution in [-0.4, -0.2) is 191 Å². The van der Waals surface area contributed by atoms with E-state index in [-0.39, 0.29) is 23.4 Å². The number of hydrogen-bond acceptors (Lipinski definition) is 18. The fourth-order valence-corrected chi connectivity index (χ4v) is 9.84. The van der Waals surface area contributed by atoms with Crippen LogP contribution in [0.4, 0.5) is 0 Å². The first-order valence-electron chi connectivity index (χ1n) is 26.4. The highest BCUT2D eigenvalue weighted by Gasteiger charge is 2.50. The first kappa shape index (κ1) is 59.8. The summed E-state index contributed by atoms with van der Waals surface area (Å²) in [5.41, 5.74) is 2.29. The Morgan fingerprint density at radius 3 is 2.01 bits per heavy atom. The van der Waals surface area contributed by atoms with E-state index in [1.807, 2.05) is 24.3 Å². The molecule has 25 nitrogen and oxygen atoms in total. The molecule has 13 atom stereocenters. The zero-order chi connectivity index (χ0) is 58.1. The molecular formula is C55H68N8O17. The van der Waals surface area contributed by atoms with Gasteiger partial charge in [0, 0.05) is 48.5 Å². The number of carbonyl (C=O) groups excluding carboxylic acids is 8. The number of nitrogens with one attached hydrogen (secondary N) is 5. The molecule has 80 heavy (non-hydrogen) atoms. The van der Waals surface area contributed by atoms with Gasteiger partial charge in [-0.1, -0.05) is 68.2 Å². The Labute approximate surface area is 459 Å². The number of unbranched alkanes of at least 4 members (excludes halogenated alkanes) is 2. The zero-order valence-electron chi connectivity index (χ0n) is 44.4. The van der Waals surface area contributed by atoms with Crippen molar-refractivity contribution in [1.29, 1.82) is 0 Å². The lowest BCUT2D eigenvalue weighted by molar-refractivity contribution is -0.147. The van der Waals surface area contributed by atoms with Crippen molar-refractivity contribution in [2.45, 2.75) is 133 Å². The number of rotatable bonds is 14. The molecular weight excluding hydrogens is 1040 g/mol. The number of benzene rings is 3. The van der Waals surface area contributed by atoms with Crippen molar-refractivity contribution >= 4 is 47.1 Å². The lowest BCUT2D eigenvalue weighted by Crippen LogP contribution is -2.64. The maximum Gasteiger partial charge on any atom is 0.251 e. The van der Waals surface area contributed by atoms with Crippen LogP contribution < -0.4 is 31.3 Å². The number of aliphatic hydroxyl groups excluding tert-OH is 6. The number of Topliss-reactive ketones (excluding diaryl/α,β-unsaturated/α-hetero) is 1. The van der Waals surface area contributed by atoms with Gasteiger partial charge in [0.15, 0.2) is 5.78 Å². The second-order valence-electron chi connectivity index (χ2n) is 20.5. The van der Waals surface area contributed by atoms with Crippen LogP contribution in [0.25, 0.3) is 22.4 Å². The van der Waals surface area contributed by atoms with Crippen molar-refractivity contribution in [2.24, 2.45) is 5.92 Å². The van der Waals surface area contributed by atoms with E-state index in [1.54, 1.807) is 12.1 Å². The number of aromatic hydroxyl groups is 1. The summed E-state index contributed by atoms with van der Waals surface area (Å²) in [5.74, 6) is -9.27. The minimum Gasteiger partial charge on any atom is -0.508 e. The lowest BCUT2D eigenvalue weighted by atomic mass is 9.96. The van der Waals surface area contributed by atoms with Crippen molar-refractivity contribution < 1.29 is 83.4 Å². The minimum absolute atomic E-state index is 0.0149. The van der Waals surface area contributed by atoms with E-state index in [9.17, 15) is 74.1 Å². The summed E-state index contributed by atoms with van der Waals surface area (Å²) in [7, 11) is 0. The monoisotopic (exact) mass is 1110 g/mol. The van der Waals surface area contributed by atoms with Gasteiger partial charge in [0.05, 0.1) is 37.6 Å². The first-order chi connectivity index (χ1) is 38.1. The van der Waals surface area contributed by atoms with Crippen molar-refractivity contribution in [3.8, 4) is 33.9 Å². The molecule has 0 bridgehead atoms. The van der Waals surface area contributed by atoms with Gasteiger partial charge in [-0.25, -0.2) is 0 Å². The van der Waals surface area contributed by atoms with E-state index in [4.69, 9.17) is 9.26 Å². The number of ketones is 1. The number of aromatic nitrogens is 1. The summed E-state index contributed by atoms with van der Waals surface area (Å²) in [6, 6.07) is 6.67. The van der Waals surface area contributed by atoms with Gasteiger partial charge in [-0.05, 0) is 67.8 Å². The minimum atomic E-state index is -2.28. The van der Waals surface area contributed by atoms with Gasteiger partial charge in [-0.3, -0.25) is 38.4 Å². The SMILES string of the molecule is CCCCCOc1ccc(-c2conc2-c2ccc(C(=O)N[C@H]3CC(=O)CNC(=O)[C@@H]4[C@@H](O)[C@@H](C)CN4C(=O)[C@H]([C@@H](C)O)NC(=O)[C@H]([C@H](O)[C@@H](O)c4ccc(O)cc4)NC(=O)[C@@H]4C[C@@H](O)CN4C(=O)[C@H]([C@@H](C)O)NC3=O)cc2)cc1. The highest BCUT2D eigenvalue weighted by molar-refractivity contribution is 6.02. The first-order valence-corrected chi connectivity index (χ1v) is 26.4. The van der Waals surface area contributed by atoms with E-state index in [2.05, 4.69) is 38.7 Å². The van der Waals surface area contributed by atoms with Crippen LogP contribution in [-0.2, 0) is 33.6 Å². The topological polar surface area (TPSA) is 380 Å². The quantitative estimate of drug-likeness (QED) is 0.0670. The molecule has 3 fully saturated rings. The number of aliphatic hydroxyl groups is 6. The van der Waals surface area contributed by atoms with E-state index < -0.39 is 152 Å². The Morgan fingerprint density at radius 1 is 0.762 bits per heavy atom. The van der Waals surface area contributed by atoms with Crippen molar-refractivity contribution in [3.63, 3.8) is 0 Å². The maximum atomic E-state index is 14.4. The Balaban J connectivity index is 1.19. The second kappa shape index (κ2) is 26.4. The van der Waals surface area contributed by atoms with Gasteiger partial charge in [-0.2, -0.15) is 0 Å². The predicted octanol–water partition coefficient (Wildman–Crippen LogP) is -1.05. The molecule has 3 aliphatic rings. The number of amides is 7. The summed E-state index contributed by atoms with van der Waals surface area (Å²) >= 11 is 0. The standard InChI is InChI=1S/C55H68N8O17/c1-5-6-7-20-79-37-18-14-30(15-19-37)38-26-80-61-43(38)31-8-10-33(11-9-31)49(72)57-39-21-35(67)23-56-53(76)45-46(69)27(2)24-63(45)55(78)42(29(4)65)59-52(75)44(48(71)47(70)32-12-16-34(66)17-13-32)60-51(74)40-22-36(68)25-62(40)54(77)41(28(3)64)58-50(39)73/h8-19,26-29,36,39-42,44-48,64-66,68-71H,5-7,20-25H2,1-4H3,(H,56,76)(H,57,72)(H,58,73)(H,59,75)(H,60,74)/t27-,28+,29+,36+,39-,40-,41-,42-,44-,45-,46-,47-,48-/m0/s1. The van der Waals surface area contributed by atoms with Crippen LogP contribution >= 0.6 is 0 Å². The molecule has 0 spiro atoms. The van der Waals surface area contributed by atoms with Crippen LogP contribution in [0.2, 0.25) is 0 Å². The van der Waals surface area contributed by atoms with Gasteiger partial charge in [0.1, 0.15) is 71.9 Å². The molecule has 0 saturated carbocycles. The molecule has 430 valence electrons. The summed E-state index contributed by atoms with van der Waals surface area (Å²) in [4.78, 5) is 115. The summed E-state index contributed by atoms with van der Waals surface area (Å²) in [5, 5.41) is 92.8. The third-order valence-electron chi connectivity index (χ3n) is 14.4. The summed E-state index contributed by atoms with van der Waals surface area (Å²) < 4.78 is 11.2. The molecule has 25 heteroatoms. The molecule has 7 rings (SSSR count). The highest BCUT2D eigenvalue weighted by Crippen LogP contribution is 2.33. The number of fused-ring (bicyclic) bond motifs is 2. The maximum absolute atomic E-state index is 14.4. The third kappa shape index (κ3) is 14.0. The largest absolute Gasteiger partial charge is 0.508 e. The van der Waals surface area contributed by atoms with Gasteiger partial charge in [0.25, 0.3) is 5.91 Å². The second-order valence-corrected chi connectivity index (χ2v) is 20.5. The zero-order valence-corrected chi connectivity index (χ0v) is 44.4. The molecule has 1 aromatic heterocycles. The normalized spacial score (nSPS) is 26.1. The molecule has 7 amide bonds. The fourth-order valence-electron chi connectivity index (χ4n) is 9.84. The van der Waals surface area contributed by atoms with E-state index in [1.165, 1.54) is 37.5 Å². The lowest BCUT2D eigenvalue weighted by Gasteiger charge is -2.34. The molecule has 4 aromatic rings. The molecule has 3 aromatic carbocycles. The van der Waals surface area contributed by atoms with Crippen LogP contribution in [0.15, 0.2) is 83.6 Å². The van der Waals surface area contributed by atoms with Crippen LogP contribution in [0.5, 0.6) is 11.5 Å². The Kier molecular flexibility index (Phi) is 19.8. The molecule has 12 N–H and O–H groups in total. The summed E-state index contributed by atoms with van der Waals surface area (Å²) in [6.45, 7) is 4.67. The molecule has 0 radical (unpaired) electrons. The number of ether oxygens (including phenoxy) is 1. The van der Waals surface area contributed by atoms with Gasteiger partial charge in [-0.15, -0.1) is 0 Å². The molecule has 3 saturated heterocycles.